The second-order valence-corrected chi connectivity index (χ2v) is 6.00. The van der Waals surface area contributed by atoms with Gasteiger partial charge in [0, 0.05) is 32.9 Å². The smallest absolute Gasteiger partial charge is 0.228 e. The number of carbonyl (C=O) groups is 1. The van der Waals surface area contributed by atoms with Crippen LogP contribution in [-0.4, -0.2) is 48.8 Å². The number of amides is 1. The summed E-state index contributed by atoms with van der Waals surface area (Å²) in [4.78, 5) is 14.7. The molecule has 0 aromatic heterocycles. The van der Waals surface area contributed by atoms with Gasteiger partial charge in [-0.25, -0.2) is 0 Å². The van der Waals surface area contributed by atoms with E-state index in [9.17, 15) is 4.79 Å². The van der Waals surface area contributed by atoms with Gasteiger partial charge in [0.15, 0.2) is 0 Å². The molecule has 110 valence electrons. The van der Waals surface area contributed by atoms with Crippen LogP contribution < -0.4 is 0 Å². The van der Waals surface area contributed by atoms with Crippen LogP contribution in [0.25, 0.3) is 0 Å². The predicted molar refractivity (Wildman–Crippen MR) is 73.8 cm³/mol. The van der Waals surface area contributed by atoms with Crippen molar-refractivity contribution in [3.05, 3.63) is 0 Å². The Hall–Kier alpha value is -0.610. The lowest BCUT2D eigenvalue weighted by Gasteiger charge is -2.45. The first-order valence-electron chi connectivity index (χ1n) is 7.70. The Morgan fingerprint density at radius 2 is 2.05 bits per heavy atom. The van der Waals surface area contributed by atoms with E-state index in [1.807, 2.05) is 11.8 Å². The minimum Gasteiger partial charge on any atom is -0.396 e. The second-order valence-electron chi connectivity index (χ2n) is 6.00. The van der Waals surface area contributed by atoms with Gasteiger partial charge in [-0.2, -0.15) is 0 Å². The Balaban J connectivity index is 1.86. The molecule has 4 nitrogen and oxygen atoms in total. The predicted octanol–water partition coefficient (Wildman–Crippen LogP) is 1.81. The van der Waals surface area contributed by atoms with Crippen molar-refractivity contribution in [2.24, 2.45) is 11.3 Å². The van der Waals surface area contributed by atoms with E-state index in [0.29, 0.717) is 18.4 Å². The third-order valence-electron chi connectivity index (χ3n) is 4.85. The van der Waals surface area contributed by atoms with E-state index < -0.39 is 0 Å². The molecule has 1 saturated carbocycles. The van der Waals surface area contributed by atoms with Crippen LogP contribution >= 0.6 is 0 Å². The fraction of sp³-hybridized carbons (Fsp3) is 0.933. The van der Waals surface area contributed by atoms with Crippen molar-refractivity contribution in [1.29, 1.82) is 0 Å². The maximum Gasteiger partial charge on any atom is 0.228 e. The molecule has 0 aromatic rings. The number of hydrogen-bond acceptors (Lipinski definition) is 3. The van der Waals surface area contributed by atoms with E-state index in [0.717, 1.165) is 51.8 Å². The number of carbonyl (C=O) groups excluding carboxylic acids is 1. The van der Waals surface area contributed by atoms with Gasteiger partial charge < -0.3 is 14.7 Å². The van der Waals surface area contributed by atoms with Crippen molar-refractivity contribution in [3.63, 3.8) is 0 Å². The van der Waals surface area contributed by atoms with Crippen molar-refractivity contribution >= 4 is 5.91 Å². The Bertz CT molecular complexity index is 294. The number of rotatable bonds is 6. The Labute approximate surface area is 116 Å². The molecular formula is C15H27NO3. The Kier molecular flexibility index (Phi) is 5.22. The highest BCUT2D eigenvalue weighted by atomic mass is 16.5. The summed E-state index contributed by atoms with van der Waals surface area (Å²) in [5.41, 5.74) is -0.124. The fourth-order valence-corrected chi connectivity index (χ4v) is 3.24. The van der Waals surface area contributed by atoms with Crippen LogP contribution in [0.5, 0.6) is 0 Å². The molecule has 1 saturated heterocycles. The van der Waals surface area contributed by atoms with Crippen molar-refractivity contribution < 1.29 is 14.6 Å². The average Bonchev–Trinajstić information content (AvgIpc) is 2.41. The summed E-state index contributed by atoms with van der Waals surface area (Å²) >= 11 is 0. The average molecular weight is 269 g/mol. The highest BCUT2D eigenvalue weighted by molar-refractivity contribution is 5.83. The fourth-order valence-electron chi connectivity index (χ4n) is 3.24. The molecule has 0 radical (unpaired) electrons. The highest BCUT2D eigenvalue weighted by Crippen LogP contribution is 2.46. The molecule has 0 bridgehead atoms. The molecule has 1 amide bonds. The van der Waals surface area contributed by atoms with E-state index in [4.69, 9.17) is 9.84 Å². The number of hydrogen-bond donors (Lipinski definition) is 1. The summed E-state index contributed by atoms with van der Waals surface area (Å²) in [6.45, 7) is 5.33. The zero-order chi connectivity index (χ0) is 13.7. The van der Waals surface area contributed by atoms with Crippen molar-refractivity contribution in [2.75, 3.05) is 32.9 Å². The normalized spacial score (nSPS) is 23.2. The van der Waals surface area contributed by atoms with Gasteiger partial charge in [-0.05, 0) is 44.9 Å². The first-order valence-corrected chi connectivity index (χ1v) is 7.70. The monoisotopic (exact) mass is 269 g/mol. The van der Waals surface area contributed by atoms with E-state index in [-0.39, 0.29) is 12.0 Å². The summed E-state index contributed by atoms with van der Waals surface area (Å²) in [6.07, 6.45) is 6.00. The van der Waals surface area contributed by atoms with Crippen LogP contribution in [0.4, 0.5) is 0 Å². The summed E-state index contributed by atoms with van der Waals surface area (Å²) in [5.74, 6) is 0.736. The maximum absolute atomic E-state index is 12.7. The second kappa shape index (κ2) is 6.71. The van der Waals surface area contributed by atoms with E-state index in [2.05, 4.69) is 0 Å². The molecule has 1 aliphatic heterocycles. The number of aliphatic hydroxyl groups excluding tert-OH is 1. The molecule has 2 fully saturated rings. The third-order valence-corrected chi connectivity index (χ3v) is 4.85. The number of aliphatic hydroxyl groups is 1. The lowest BCUT2D eigenvalue weighted by Crippen LogP contribution is -2.51. The lowest BCUT2D eigenvalue weighted by molar-refractivity contribution is -0.151. The van der Waals surface area contributed by atoms with E-state index in [1.54, 1.807) is 0 Å². The Morgan fingerprint density at radius 1 is 1.37 bits per heavy atom. The summed E-state index contributed by atoms with van der Waals surface area (Å²) in [6, 6.07) is 0. The molecular weight excluding hydrogens is 242 g/mol. The molecule has 2 aliphatic rings. The minimum absolute atomic E-state index is 0.124. The van der Waals surface area contributed by atoms with Gasteiger partial charge in [-0.3, -0.25) is 4.79 Å². The van der Waals surface area contributed by atoms with E-state index in [1.165, 1.54) is 6.42 Å². The van der Waals surface area contributed by atoms with Gasteiger partial charge >= 0.3 is 0 Å². The van der Waals surface area contributed by atoms with Gasteiger partial charge in [-0.15, -0.1) is 0 Å². The summed E-state index contributed by atoms with van der Waals surface area (Å²) in [7, 11) is 0. The quantitative estimate of drug-likeness (QED) is 0.748. The largest absolute Gasteiger partial charge is 0.396 e. The molecule has 0 unspecified atom stereocenters. The molecule has 2 rings (SSSR count). The van der Waals surface area contributed by atoms with Crippen molar-refractivity contribution in [2.45, 2.75) is 45.4 Å². The van der Waals surface area contributed by atoms with Crippen LogP contribution in [0.15, 0.2) is 0 Å². The van der Waals surface area contributed by atoms with Crippen molar-refractivity contribution in [3.8, 4) is 0 Å². The lowest BCUT2D eigenvalue weighted by atomic mass is 9.65. The minimum atomic E-state index is -0.124. The van der Waals surface area contributed by atoms with Gasteiger partial charge in [-0.1, -0.05) is 6.42 Å². The number of likely N-dealkylation sites (tertiary alicyclic amines) is 1. The molecule has 0 spiro atoms. The first-order chi connectivity index (χ1) is 9.22. The van der Waals surface area contributed by atoms with Crippen LogP contribution in [0.3, 0.4) is 0 Å². The summed E-state index contributed by atoms with van der Waals surface area (Å²) in [5, 5.41) is 9.16. The molecule has 0 atom stereocenters. The standard InChI is InChI=1S/C15H27NO3/c1-2-19-11-8-15(6-3-7-15)14(18)16-9-4-13(12-17)5-10-16/h13,17H,2-12H2,1H3. The zero-order valence-electron chi connectivity index (χ0n) is 12.1. The molecule has 1 aliphatic carbocycles. The van der Waals surface area contributed by atoms with Gasteiger partial charge in [0.05, 0.1) is 5.41 Å². The molecule has 0 aromatic carbocycles. The van der Waals surface area contributed by atoms with Crippen molar-refractivity contribution in [1.82, 2.24) is 4.90 Å². The Morgan fingerprint density at radius 3 is 2.53 bits per heavy atom. The molecule has 4 heteroatoms. The van der Waals surface area contributed by atoms with Gasteiger partial charge in [0.25, 0.3) is 0 Å². The number of nitrogens with zero attached hydrogens (tertiary/aromatic N) is 1. The molecule has 19 heavy (non-hydrogen) atoms. The SMILES string of the molecule is CCOCCC1(C(=O)N2CCC(CO)CC2)CCC1. The molecule has 1 N–H and O–H groups in total. The van der Waals surface area contributed by atoms with Crippen LogP contribution in [0, 0.1) is 11.3 Å². The maximum atomic E-state index is 12.7. The third kappa shape index (κ3) is 3.29. The topological polar surface area (TPSA) is 49.8 Å². The molecule has 1 heterocycles. The first kappa shape index (κ1) is 14.8. The summed E-state index contributed by atoms with van der Waals surface area (Å²) < 4.78 is 5.43. The van der Waals surface area contributed by atoms with Crippen LogP contribution in [0.1, 0.15) is 45.4 Å². The van der Waals surface area contributed by atoms with Gasteiger partial charge in [0.2, 0.25) is 5.91 Å². The van der Waals surface area contributed by atoms with Crippen LogP contribution in [0.2, 0.25) is 0 Å². The zero-order valence-corrected chi connectivity index (χ0v) is 12.1. The van der Waals surface area contributed by atoms with Crippen LogP contribution in [-0.2, 0) is 9.53 Å². The van der Waals surface area contributed by atoms with Gasteiger partial charge in [0.1, 0.15) is 0 Å². The van der Waals surface area contributed by atoms with E-state index >= 15 is 0 Å². The highest BCUT2D eigenvalue weighted by Gasteiger charge is 2.46. The number of piperidine rings is 1. The number of ether oxygens (including phenoxy) is 1.